The molecule has 2 aromatic carbocycles. The Hall–Kier alpha value is -4.44. The molecule has 9 nitrogen and oxygen atoms in total. The number of benzene rings is 2. The van der Waals surface area contributed by atoms with Gasteiger partial charge in [0.1, 0.15) is 17.4 Å². The van der Waals surface area contributed by atoms with Gasteiger partial charge in [-0.2, -0.15) is 4.98 Å². The van der Waals surface area contributed by atoms with Crippen molar-refractivity contribution in [3.8, 4) is 11.6 Å². The second-order valence-corrected chi connectivity index (χ2v) is 8.61. The maximum Gasteiger partial charge on any atom is 0.247 e. The van der Waals surface area contributed by atoms with Crippen molar-refractivity contribution in [2.45, 2.75) is 6.42 Å². The van der Waals surface area contributed by atoms with Crippen LogP contribution in [0.1, 0.15) is 6.42 Å². The first kappa shape index (κ1) is 24.3. The minimum atomic E-state index is -0.306. The molecule has 1 saturated heterocycles. The smallest absolute Gasteiger partial charge is 0.247 e. The molecule has 4 aromatic rings. The Labute approximate surface area is 214 Å². The molecule has 1 fully saturated rings. The van der Waals surface area contributed by atoms with Crippen molar-refractivity contribution < 1.29 is 13.9 Å². The van der Waals surface area contributed by atoms with Crippen molar-refractivity contribution in [2.75, 3.05) is 48.8 Å². The molecule has 0 spiro atoms. The van der Waals surface area contributed by atoms with Gasteiger partial charge in [-0.15, -0.1) is 0 Å². The van der Waals surface area contributed by atoms with Crippen molar-refractivity contribution >= 4 is 39.8 Å². The number of fused-ring (bicyclic) bond motifs is 1. The fraction of sp³-hybridized carbons (Fsp3) is 0.222. The lowest BCUT2D eigenvalue weighted by Crippen LogP contribution is -2.29. The van der Waals surface area contributed by atoms with Crippen LogP contribution >= 0.6 is 0 Å². The summed E-state index contributed by atoms with van der Waals surface area (Å²) in [5.74, 6) is 0.945. The van der Waals surface area contributed by atoms with Crippen LogP contribution in [0.25, 0.3) is 16.7 Å². The van der Waals surface area contributed by atoms with E-state index >= 15 is 0 Å². The third kappa shape index (κ3) is 5.24. The molecule has 2 aromatic heterocycles. The second kappa shape index (κ2) is 10.7. The number of carbonyl (C=O) groups excluding carboxylic acids is 1. The summed E-state index contributed by atoms with van der Waals surface area (Å²) in [6.07, 6.45) is 5.71. The highest BCUT2D eigenvalue weighted by Gasteiger charge is 2.19. The minimum Gasteiger partial charge on any atom is -0.494 e. The summed E-state index contributed by atoms with van der Waals surface area (Å²) in [4.78, 5) is 23.5. The predicted octanol–water partition coefficient (Wildman–Crippen LogP) is 4.24. The Morgan fingerprint density at radius 3 is 2.89 bits per heavy atom. The number of nitrogens with one attached hydrogen (secondary N) is 3. The number of nitrogens with zero attached hydrogens (tertiary/aromatic N) is 4. The lowest BCUT2D eigenvalue weighted by molar-refractivity contribution is -0.111. The molecular formula is C27H28FN7O2. The van der Waals surface area contributed by atoms with E-state index in [1.165, 1.54) is 18.2 Å². The monoisotopic (exact) mass is 501 g/mol. The summed E-state index contributed by atoms with van der Waals surface area (Å²) in [5, 5.41) is 10.3. The predicted molar refractivity (Wildman–Crippen MR) is 144 cm³/mol. The van der Waals surface area contributed by atoms with Crippen LogP contribution < -0.4 is 25.6 Å². The fourth-order valence-corrected chi connectivity index (χ4v) is 4.44. The number of anilines is 4. The third-order valence-corrected chi connectivity index (χ3v) is 6.23. The lowest BCUT2D eigenvalue weighted by Gasteiger charge is -2.26. The number of hydrogen-bond donors (Lipinski definition) is 3. The summed E-state index contributed by atoms with van der Waals surface area (Å²) in [6, 6.07) is 12.0. The van der Waals surface area contributed by atoms with Gasteiger partial charge >= 0.3 is 0 Å². The van der Waals surface area contributed by atoms with Crippen molar-refractivity contribution in [3.05, 3.63) is 73.3 Å². The van der Waals surface area contributed by atoms with Crippen molar-refractivity contribution in [1.82, 2.24) is 19.9 Å². The first-order chi connectivity index (χ1) is 18.1. The molecule has 3 N–H and O–H groups in total. The number of carbonyl (C=O) groups is 1. The zero-order valence-corrected chi connectivity index (χ0v) is 20.5. The van der Waals surface area contributed by atoms with Crippen LogP contribution in [0.15, 0.2) is 67.5 Å². The molecular weight excluding hydrogens is 473 g/mol. The van der Waals surface area contributed by atoms with Crippen LogP contribution in [0.2, 0.25) is 0 Å². The highest BCUT2D eigenvalue weighted by Crippen LogP contribution is 2.38. The van der Waals surface area contributed by atoms with E-state index in [2.05, 4.69) is 37.4 Å². The fourth-order valence-electron chi connectivity index (χ4n) is 4.44. The second-order valence-electron chi connectivity index (χ2n) is 8.61. The maximum atomic E-state index is 13.6. The molecule has 0 radical (unpaired) electrons. The van der Waals surface area contributed by atoms with Gasteiger partial charge in [0.2, 0.25) is 11.9 Å². The van der Waals surface area contributed by atoms with Gasteiger partial charge in [-0.3, -0.25) is 4.79 Å². The largest absolute Gasteiger partial charge is 0.494 e. The molecule has 0 saturated carbocycles. The molecule has 0 atom stereocenters. The van der Waals surface area contributed by atoms with Gasteiger partial charge in [0.05, 0.1) is 29.7 Å². The zero-order chi connectivity index (χ0) is 25.8. The first-order valence-corrected chi connectivity index (χ1v) is 12.0. The van der Waals surface area contributed by atoms with Crippen LogP contribution in [0.5, 0.6) is 5.75 Å². The van der Waals surface area contributed by atoms with Crippen LogP contribution in [0, 0.1) is 5.82 Å². The Balaban J connectivity index is 1.50. The Morgan fingerprint density at radius 1 is 1.16 bits per heavy atom. The standard InChI is InChI=1S/C27H28FN7O2/c1-3-26(36)31-20-16-21(24(37-2)17-23(20)34-12-4-9-29-11-14-34)32-27-30-10-7-25(33-27)35-13-8-18-15-19(28)5-6-22(18)35/h3,5-8,10,13,15-17,29H,1,4,9,11-12,14H2,2H3,(H,31,36)(H,30,32,33). The summed E-state index contributed by atoms with van der Waals surface area (Å²) >= 11 is 0. The van der Waals surface area contributed by atoms with Gasteiger partial charge < -0.3 is 30.2 Å². The molecule has 1 amide bonds. The lowest BCUT2D eigenvalue weighted by atomic mass is 10.1. The number of rotatable bonds is 7. The van der Waals surface area contributed by atoms with E-state index in [1.54, 1.807) is 25.4 Å². The highest BCUT2D eigenvalue weighted by atomic mass is 19.1. The SMILES string of the molecule is C=CC(=O)Nc1cc(Nc2nccc(-n3ccc4cc(F)ccc43)n2)c(OC)cc1N1CCCNCC1. The van der Waals surface area contributed by atoms with E-state index in [0.717, 1.165) is 49.2 Å². The molecule has 10 heteroatoms. The third-order valence-electron chi connectivity index (χ3n) is 6.23. The molecule has 5 rings (SSSR count). The molecule has 1 aliphatic rings. The molecule has 3 heterocycles. The van der Waals surface area contributed by atoms with E-state index in [4.69, 9.17) is 4.74 Å². The van der Waals surface area contributed by atoms with E-state index in [-0.39, 0.29) is 11.7 Å². The Morgan fingerprint density at radius 2 is 2.05 bits per heavy atom. The van der Waals surface area contributed by atoms with Gasteiger partial charge in [-0.25, -0.2) is 9.37 Å². The van der Waals surface area contributed by atoms with E-state index in [0.29, 0.717) is 28.9 Å². The molecule has 1 aliphatic heterocycles. The minimum absolute atomic E-state index is 0.290. The molecule has 37 heavy (non-hydrogen) atoms. The van der Waals surface area contributed by atoms with Crippen LogP contribution in [0.4, 0.5) is 27.4 Å². The molecule has 0 bridgehead atoms. The number of amides is 1. The average molecular weight is 502 g/mol. The summed E-state index contributed by atoms with van der Waals surface area (Å²) in [7, 11) is 1.60. The van der Waals surface area contributed by atoms with Gasteiger partial charge in [-0.1, -0.05) is 6.58 Å². The first-order valence-electron chi connectivity index (χ1n) is 12.0. The van der Waals surface area contributed by atoms with Crippen molar-refractivity contribution in [1.29, 1.82) is 0 Å². The van der Waals surface area contributed by atoms with Crippen molar-refractivity contribution in [2.24, 2.45) is 0 Å². The van der Waals surface area contributed by atoms with Gasteiger partial charge in [-0.05, 0) is 55.4 Å². The van der Waals surface area contributed by atoms with E-state index in [1.807, 2.05) is 29.0 Å². The number of methoxy groups -OCH3 is 1. The Kier molecular flexibility index (Phi) is 7.00. The summed E-state index contributed by atoms with van der Waals surface area (Å²) in [5.41, 5.74) is 2.91. The topological polar surface area (TPSA) is 96.3 Å². The normalized spacial score (nSPS) is 13.7. The zero-order valence-electron chi connectivity index (χ0n) is 20.5. The number of hydrogen-bond acceptors (Lipinski definition) is 7. The van der Waals surface area contributed by atoms with Crippen LogP contribution in [-0.4, -0.2) is 53.7 Å². The van der Waals surface area contributed by atoms with E-state index < -0.39 is 0 Å². The van der Waals surface area contributed by atoms with Gasteiger partial charge in [0, 0.05) is 43.5 Å². The number of aromatic nitrogens is 3. The highest BCUT2D eigenvalue weighted by molar-refractivity contribution is 6.02. The van der Waals surface area contributed by atoms with Crippen LogP contribution in [-0.2, 0) is 4.79 Å². The van der Waals surface area contributed by atoms with Crippen LogP contribution in [0.3, 0.4) is 0 Å². The summed E-state index contributed by atoms with van der Waals surface area (Å²) in [6.45, 7) is 7.02. The van der Waals surface area contributed by atoms with Crippen molar-refractivity contribution in [3.63, 3.8) is 0 Å². The number of halogens is 1. The number of ether oxygens (including phenoxy) is 1. The van der Waals surface area contributed by atoms with Gasteiger partial charge in [0.15, 0.2) is 0 Å². The molecule has 0 aliphatic carbocycles. The van der Waals surface area contributed by atoms with E-state index in [9.17, 15) is 9.18 Å². The Bertz CT molecular complexity index is 1440. The quantitative estimate of drug-likeness (QED) is 0.326. The maximum absolute atomic E-state index is 13.6. The summed E-state index contributed by atoms with van der Waals surface area (Å²) < 4.78 is 21.2. The molecule has 0 unspecified atom stereocenters. The van der Waals surface area contributed by atoms with Gasteiger partial charge in [0.25, 0.3) is 0 Å². The average Bonchev–Trinajstić information content (AvgIpc) is 3.13. The molecule has 190 valence electrons.